The zero-order chi connectivity index (χ0) is 23.2. The first-order valence-electron chi connectivity index (χ1n) is 11.5. The molecular weight excluding hydrogens is 438 g/mol. The fraction of sp³-hybridized carbons (Fsp3) is 0.500. The zero-order valence-corrected chi connectivity index (χ0v) is 19.7. The van der Waals surface area contributed by atoms with Crippen LogP contribution in [0.15, 0.2) is 48.9 Å². The second-order valence-electron chi connectivity index (χ2n) is 8.63. The number of hydrogen-bond acceptors (Lipinski definition) is 7. The Morgan fingerprint density at radius 3 is 2.73 bits per heavy atom. The van der Waals surface area contributed by atoms with Gasteiger partial charge >= 0.3 is 0 Å². The van der Waals surface area contributed by atoms with Crippen molar-refractivity contribution in [2.45, 2.75) is 37.5 Å². The van der Waals surface area contributed by atoms with Gasteiger partial charge in [0.15, 0.2) is 0 Å². The molecule has 1 fully saturated rings. The Morgan fingerprint density at radius 2 is 1.94 bits per heavy atom. The lowest BCUT2D eigenvalue weighted by atomic mass is 10.1. The number of fused-ring (bicyclic) bond motifs is 1. The molecule has 8 nitrogen and oxygen atoms in total. The Balaban J connectivity index is 1.25. The lowest BCUT2D eigenvalue weighted by Crippen LogP contribution is -2.31. The predicted octanol–water partition coefficient (Wildman–Crippen LogP) is 1.73. The van der Waals surface area contributed by atoms with Crippen LogP contribution in [0.4, 0.5) is 5.82 Å². The summed E-state index contributed by atoms with van der Waals surface area (Å²) in [6, 6.07) is 12.0. The van der Waals surface area contributed by atoms with Crippen LogP contribution in [-0.4, -0.2) is 72.8 Å². The summed E-state index contributed by atoms with van der Waals surface area (Å²) >= 11 is 0. The van der Waals surface area contributed by atoms with Gasteiger partial charge in [-0.1, -0.05) is 30.3 Å². The molecule has 4 N–H and O–H groups in total. The van der Waals surface area contributed by atoms with Gasteiger partial charge in [0.2, 0.25) is 0 Å². The van der Waals surface area contributed by atoms with E-state index in [-0.39, 0.29) is 12.0 Å². The van der Waals surface area contributed by atoms with E-state index in [9.17, 15) is 14.4 Å². The molecule has 1 saturated carbocycles. The fourth-order valence-electron chi connectivity index (χ4n) is 4.66. The van der Waals surface area contributed by atoms with Gasteiger partial charge in [-0.05, 0) is 44.0 Å². The van der Waals surface area contributed by atoms with Gasteiger partial charge < -0.3 is 25.4 Å². The molecule has 3 aromatic rings. The first-order valence-corrected chi connectivity index (χ1v) is 13.0. The molecule has 1 aromatic carbocycles. The number of rotatable bonds is 11. The molecule has 2 heterocycles. The molecule has 0 aliphatic heterocycles. The molecule has 1 aliphatic carbocycles. The summed E-state index contributed by atoms with van der Waals surface area (Å²) in [5.41, 5.74) is 2.02. The molecule has 0 radical (unpaired) electrons. The molecule has 1 aliphatic rings. The lowest BCUT2D eigenvalue weighted by Gasteiger charge is -2.19. The molecule has 1 unspecified atom stereocenters. The number of nitrogens with one attached hydrogen (secondary N) is 2. The van der Waals surface area contributed by atoms with E-state index >= 15 is 0 Å². The number of hydrogen-bond donors (Lipinski definition) is 4. The Hall–Kier alpha value is -2.33. The fourth-order valence-corrected chi connectivity index (χ4v) is 6.10. The number of benzene rings is 1. The Morgan fingerprint density at radius 1 is 1.12 bits per heavy atom. The van der Waals surface area contributed by atoms with Crippen LogP contribution in [0.25, 0.3) is 11.0 Å². The molecule has 33 heavy (non-hydrogen) atoms. The summed E-state index contributed by atoms with van der Waals surface area (Å²) < 4.78 is 14.6. The number of aliphatic hydroxyl groups excluding tert-OH is 2. The normalized spacial score (nSPS) is 23.7. The van der Waals surface area contributed by atoms with E-state index in [0.29, 0.717) is 23.6 Å². The number of aliphatic hydroxyl groups is 2. The Kier molecular flexibility index (Phi) is 8.08. The highest BCUT2D eigenvalue weighted by molar-refractivity contribution is 7.84. The zero-order valence-electron chi connectivity index (χ0n) is 18.9. The third-order valence-electron chi connectivity index (χ3n) is 6.43. The van der Waals surface area contributed by atoms with Crippen molar-refractivity contribution in [3.63, 3.8) is 0 Å². The Bertz CT molecular complexity index is 1060. The molecule has 4 rings (SSSR count). The lowest BCUT2D eigenvalue weighted by molar-refractivity contribution is 0.0103. The summed E-state index contributed by atoms with van der Waals surface area (Å²) in [6.07, 6.45) is 3.91. The van der Waals surface area contributed by atoms with Crippen molar-refractivity contribution in [2.24, 2.45) is 5.92 Å². The van der Waals surface area contributed by atoms with Gasteiger partial charge in [-0.3, -0.25) is 4.21 Å². The largest absolute Gasteiger partial charge is 0.390 e. The summed E-state index contributed by atoms with van der Waals surface area (Å²) in [6.45, 7) is 1.72. The molecule has 9 heteroatoms. The smallest absolute Gasteiger partial charge is 0.145 e. The van der Waals surface area contributed by atoms with E-state index in [4.69, 9.17) is 0 Å². The quantitative estimate of drug-likeness (QED) is 0.315. The molecule has 2 aromatic heterocycles. The van der Waals surface area contributed by atoms with Gasteiger partial charge in [0.05, 0.1) is 17.5 Å². The van der Waals surface area contributed by atoms with Crippen LogP contribution in [-0.2, 0) is 17.2 Å². The van der Waals surface area contributed by atoms with Crippen LogP contribution in [0, 0.1) is 5.92 Å². The van der Waals surface area contributed by atoms with Crippen LogP contribution in [0.1, 0.15) is 24.4 Å². The van der Waals surface area contributed by atoms with Crippen LogP contribution in [0.5, 0.6) is 0 Å². The maximum absolute atomic E-state index is 12.6. The van der Waals surface area contributed by atoms with Gasteiger partial charge in [-0.25, -0.2) is 9.97 Å². The van der Waals surface area contributed by atoms with E-state index in [1.165, 1.54) is 11.9 Å². The predicted molar refractivity (Wildman–Crippen MR) is 132 cm³/mol. The minimum Gasteiger partial charge on any atom is -0.390 e. The van der Waals surface area contributed by atoms with E-state index in [1.807, 2.05) is 35.0 Å². The van der Waals surface area contributed by atoms with Gasteiger partial charge in [-0.15, -0.1) is 0 Å². The molecule has 0 saturated heterocycles. The number of anilines is 1. The summed E-state index contributed by atoms with van der Waals surface area (Å²) in [5.74, 6) is 1.50. The van der Waals surface area contributed by atoms with E-state index in [0.717, 1.165) is 37.1 Å². The highest BCUT2D eigenvalue weighted by Gasteiger charge is 2.43. The number of nitrogens with zero attached hydrogens (tertiary/aromatic N) is 3. The Labute approximate surface area is 196 Å². The highest BCUT2D eigenvalue weighted by atomic mass is 32.2. The third-order valence-corrected chi connectivity index (χ3v) is 7.98. The summed E-state index contributed by atoms with van der Waals surface area (Å²) in [5, 5.41) is 28.7. The molecule has 0 spiro atoms. The van der Waals surface area contributed by atoms with Crippen LogP contribution in [0.2, 0.25) is 0 Å². The standard InChI is InChI=1S/C24H33N5O3S/c1-25-23-19-9-12-29(24(19)28-16-27-23)20-14-18(21(30)22(20)31)15-33(32)13-5-10-26-11-8-17-6-3-2-4-7-17/h2-4,6-7,9,12,16,18,20-22,26,30-31H,5,8,10-11,13-15H2,1H3,(H,25,27,28)/t18-,20-,21-,22+,33?/m1/s1. The average Bonchev–Trinajstić information content (AvgIpc) is 3.38. The topological polar surface area (TPSA) is 112 Å². The van der Waals surface area contributed by atoms with Crippen LogP contribution >= 0.6 is 0 Å². The molecule has 0 bridgehead atoms. The maximum atomic E-state index is 12.6. The van der Waals surface area contributed by atoms with Crippen LogP contribution in [0.3, 0.4) is 0 Å². The minimum absolute atomic E-state index is 0.208. The van der Waals surface area contributed by atoms with Crippen molar-refractivity contribution < 1.29 is 14.4 Å². The van der Waals surface area contributed by atoms with Crippen molar-refractivity contribution >= 4 is 27.7 Å². The first-order chi connectivity index (χ1) is 16.1. The minimum atomic E-state index is -1.04. The number of aromatic nitrogens is 3. The van der Waals surface area contributed by atoms with Crippen molar-refractivity contribution in [1.82, 2.24) is 19.9 Å². The first kappa shape index (κ1) is 23.8. The van der Waals surface area contributed by atoms with Gasteiger partial charge in [-0.2, -0.15) is 0 Å². The van der Waals surface area contributed by atoms with Crippen molar-refractivity contribution in [1.29, 1.82) is 0 Å². The van der Waals surface area contributed by atoms with E-state index < -0.39 is 23.0 Å². The molecule has 0 amide bonds. The van der Waals surface area contributed by atoms with Gasteiger partial charge in [0.25, 0.3) is 0 Å². The highest BCUT2D eigenvalue weighted by Crippen LogP contribution is 2.38. The molecule has 178 valence electrons. The van der Waals surface area contributed by atoms with Crippen molar-refractivity contribution in [2.75, 3.05) is 37.0 Å². The average molecular weight is 472 g/mol. The van der Waals surface area contributed by atoms with Gasteiger partial charge in [0.1, 0.15) is 23.9 Å². The maximum Gasteiger partial charge on any atom is 0.145 e. The third kappa shape index (κ3) is 5.60. The molecule has 5 atom stereocenters. The summed E-state index contributed by atoms with van der Waals surface area (Å²) in [7, 11) is 0.766. The van der Waals surface area contributed by atoms with Crippen molar-refractivity contribution in [3.05, 3.63) is 54.5 Å². The van der Waals surface area contributed by atoms with Crippen molar-refractivity contribution in [3.8, 4) is 0 Å². The van der Waals surface area contributed by atoms with Gasteiger partial charge in [0, 0.05) is 41.5 Å². The second-order valence-corrected chi connectivity index (χ2v) is 10.2. The van der Waals surface area contributed by atoms with E-state index in [2.05, 4.69) is 32.7 Å². The summed E-state index contributed by atoms with van der Waals surface area (Å²) in [4.78, 5) is 8.60. The second kappa shape index (κ2) is 11.2. The SMILES string of the molecule is CNc1ncnc2c1ccn2[C@@H]1C[C@H](CS(=O)CCCNCCc2ccccc2)[C@@H](O)[C@H]1O. The monoisotopic (exact) mass is 471 g/mol. The van der Waals surface area contributed by atoms with Crippen LogP contribution < -0.4 is 10.6 Å². The van der Waals surface area contributed by atoms with E-state index in [1.54, 1.807) is 7.05 Å². The molecular formula is C24H33N5O3S.